The molecule has 1 amide bonds. The Hall–Kier alpha value is -3.76. The van der Waals surface area contributed by atoms with Crippen LogP contribution in [-0.2, 0) is 0 Å². The molecule has 0 aliphatic rings. The normalized spacial score (nSPS) is 12.3. The van der Waals surface area contributed by atoms with Crippen LogP contribution in [0.5, 0.6) is 11.5 Å². The van der Waals surface area contributed by atoms with E-state index >= 15 is 0 Å². The van der Waals surface area contributed by atoms with Gasteiger partial charge in [-0.1, -0.05) is 6.07 Å². The van der Waals surface area contributed by atoms with Crippen LogP contribution in [0.3, 0.4) is 0 Å². The molecular weight excluding hydrogens is 413 g/mol. The fourth-order valence-electron chi connectivity index (χ4n) is 2.55. The summed E-state index contributed by atoms with van der Waals surface area (Å²) in [6, 6.07) is 5.79. The van der Waals surface area contributed by atoms with Gasteiger partial charge >= 0.3 is 6.36 Å². The van der Waals surface area contributed by atoms with Crippen molar-refractivity contribution in [2.24, 2.45) is 0 Å². The number of rotatable bonds is 5. The number of carbonyl (C=O) groups excluding carboxylic acids is 1. The zero-order valence-electron chi connectivity index (χ0n) is 14.8. The molecule has 156 valence electrons. The number of halogens is 5. The number of amides is 1. The van der Waals surface area contributed by atoms with Gasteiger partial charge in [-0.05, 0) is 42.0 Å². The van der Waals surface area contributed by atoms with E-state index in [1.165, 1.54) is 24.4 Å². The van der Waals surface area contributed by atoms with Crippen LogP contribution in [0.2, 0.25) is 0 Å². The highest BCUT2D eigenvalue weighted by Crippen LogP contribution is 2.30. The number of nitrogens with zero attached hydrogens (tertiary/aromatic N) is 2. The van der Waals surface area contributed by atoms with E-state index < -0.39 is 35.7 Å². The minimum Gasteiger partial charge on any atom is -0.506 e. The van der Waals surface area contributed by atoms with E-state index in [-0.39, 0.29) is 22.7 Å². The fourth-order valence-corrected chi connectivity index (χ4v) is 2.55. The Kier molecular flexibility index (Phi) is 5.81. The Balaban J connectivity index is 1.98. The van der Waals surface area contributed by atoms with E-state index in [0.717, 1.165) is 18.3 Å². The molecule has 2 N–H and O–H groups in total. The molecule has 1 atom stereocenters. The van der Waals surface area contributed by atoms with Crippen molar-refractivity contribution in [1.82, 2.24) is 15.3 Å². The summed E-state index contributed by atoms with van der Waals surface area (Å²) in [4.78, 5) is 20.1. The molecule has 0 saturated carbocycles. The first kappa shape index (κ1) is 21.0. The molecule has 0 spiro atoms. The third-order valence-electron chi connectivity index (χ3n) is 3.83. The van der Waals surface area contributed by atoms with Crippen molar-refractivity contribution < 1.29 is 36.6 Å². The first-order chi connectivity index (χ1) is 14.1. The number of nitrogens with one attached hydrogen (secondary N) is 1. The summed E-state index contributed by atoms with van der Waals surface area (Å²) < 4.78 is 69.1. The lowest BCUT2D eigenvalue weighted by Gasteiger charge is -2.20. The molecule has 0 aliphatic carbocycles. The Morgan fingerprint density at radius 2 is 1.83 bits per heavy atom. The zero-order chi connectivity index (χ0) is 21.9. The molecule has 6 nitrogen and oxygen atoms in total. The first-order valence-corrected chi connectivity index (χ1v) is 8.25. The van der Waals surface area contributed by atoms with Crippen LogP contribution in [0.1, 0.15) is 27.8 Å². The Morgan fingerprint density at radius 1 is 1.07 bits per heavy atom. The molecule has 0 fully saturated rings. The monoisotopic (exact) mass is 425 g/mol. The van der Waals surface area contributed by atoms with Crippen LogP contribution in [0, 0.1) is 11.6 Å². The van der Waals surface area contributed by atoms with E-state index in [2.05, 4.69) is 20.0 Å². The van der Waals surface area contributed by atoms with Gasteiger partial charge < -0.3 is 15.2 Å². The number of hydrogen-bond acceptors (Lipinski definition) is 5. The minimum absolute atomic E-state index is 0.0910. The molecule has 30 heavy (non-hydrogen) atoms. The maximum Gasteiger partial charge on any atom is 0.573 e. The molecule has 2 heterocycles. The van der Waals surface area contributed by atoms with Crippen molar-refractivity contribution >= 4 is 5.91 Å². The third-order valence-corrected chi connectivity index (χ3v) is 3.83. The highest BCUT2D eigenvalue weighted by molar-refractivity contribution is 5.92. The van der Waals surface area contributed by atoms with E-state index in [0.29, 0.717) is 12.1 Å². The Bertz CT molecular complexity index is 1060. The molecule has 2 aromatic heterocycles. The summed E-state index contributed by atoms with van der Waals surface area (Å²) in [7, 11) is 0. The molecule has 0 bridgehead atoms. The van der Waals surface area contributed by atoms with Crippen LogP contribution in [0.15, 0.2) is 54.9 Å². The van der Waals surface area contributed by atoms with Gasteiger partial charge in [0.25, 0.3) is 5.91 Å². The number of alkyl halides is 3. The summed E-state index contributed by atoms with van der Waals surface area (Å²) in [5.41, 5.74) is -0.535. The molecular formula is C19H12F5N3O3. The van der Waals surface area contributed by atoms with Crippen molar-refractivity contribution in [3.8, 4) is 11.5 Å². The van der Waals surface area contributed by atoms with Crippen LogP contribution < -0.4 is 10.1 Å². The summed E-state index contributed by atoms with van der Waals surface area (Å²) in [6.07, 6.45) is -2.87. The molecule has 0 radical (unpaired) electrons. The quantitative estimate of drug-likeness (QED) is 0.607. The number of aromatic hydroxyl groups is 1. The van der Waals surface area contributed by atoms with Gasteiger partial charge in [0, 0.05) is 6.20 Å². The number of pyridine rings is 2. The lowest BCUT2D eigenvalue weighted by molar-refractivity contribution is -0.275. The average molecular weight is 425 g/mol. The smallest absolute Gasteiger partial charge is 0.506 e. The summed E-state index contributed by atoms with van der Waals surface area (Å²) in [5, 5.41) is 11.7. The van der Waals surface area contributed by atoms with Crippen LogP contribution in [0.4, 0.5) is 22.0 Å². The van der Waals surface area contributed by atoms with Gasteiger partial charge in [-0.2, -0.15) is 0 Å². The summed E-state index contributed by atoms with van der Waals surface area (Å²) in [5.74, 6) is -4.30. The highest BCUT2D eigenvalue weighted by atomic mass is 19.4. The number of aromatic nitrogens is 2. The Morgan fingerprint density at radius 3 is 2.43 bits per heavy atom. The predicted octanol–water partition coefficient (Wildman–Crippen LogP) is 3.88. The highest BCUT2D eigenvalue weighted by Gasteiger charge is 2.33. The largest absolute Gasteiger partial charge is 0.573 e. The van der Waals surface area contributed by atoms with E-state index in [1.54, 1.807) is 0 Å². The fraction of sp³-hybridized carbons (Fsp3) is 0.105. The van der Waals surface area contributed by atoms with E-state index in [1.807, 2.05) is 0 Å². The van der Waals surface area contributed by atoms with Gasteiger partial charge in [-0.25, -0.2) is 13.8 Å². The maximum atomic E-state index is 14.3. The second-order valence-electron chi connectivity index (χ2n) is 5.92. The predicted molar refractivity (Wildman–Crippen MR) is 92.5 cm³/mol. The van der Waals surface area contributed by atoms with Crippen LogP contribution in [-0.4, -0.2) is 27.3 Å². The second-order valence-corrected chi connectivity index (χ2v) is 5.92. The van der Waals surface area contributed by atoms with Crippen LogP contribution >= 0.6 is 0 Å². The van der Waals surface area contributed by atoms with E-state index in [9.17, 15) is 31.9 Å². The van der Waals surface area contributed by atoms with Crippen molar-refractivity contribution in [1.29, 1.82) is 0 Å². The summed E-state index contributed by atoms with van der Waals surface area (Å²) in [6.45, 7) is 0. The lowest BCUT2D eigenvalue weighted by Crippen LogP contribution is -2.31. The van der Waals surface area contributed by atoms with Gasteiger partial charge in [0.1, 0.15) is 23.0 Å². The minimum atomic E-state index is -5.10. The van der Waals surface area contributed by atoms with Gasteiger partial charge in [0.15, 0.2) is 11.6 Å². The van der Waals surface area contributed by atoms with Gasteiger partial charge in [0.05, 0.1) is 12.2 Å². The first-order valence-electron chi connectivity index (χ1n) is 8.25. The van der Waals surface area contributed by atoms with Crippen molar-refractivity contribution in [2.75, 3.05) is 0 Å². The summed E-state index contributed by atoms with van der Waals surface area (Å²) >= 11 is 0. The molecule has 3 aromatic rings. The molecule has 1 unspecified atom stereocenters. The van der Waals surface area contributed by atoms with Crippen molar-refractivity contribution in [3.05, 3.63) is 83.4 Å². The number of carbonyl (C=O) groups is 1. The molecule has 3 rings (SSSR count). The molecule has 11 heteroatoms. The average Bonchev–Trinajstić information content (AvgIpc) is 2.68. The standard InChI is InChI=1S/C19H12F5N3O3/c20-12-2-1-7-25-17(12)16(27-18(29)14-5-4-11(28)9-26-14)10-3-6-15(13(21)8-10)30-19(22,23)24/h1-9,16,28H,(H,27,29). The maximum absolute atomic E-state index is 14.3. The van der Waals surface area contributed by atoms with Gasteiger partial charge in [-0.3, -0.25) is 9.78 Å². The molecule has 1 aromatic carbocycles. The third kappa shape index (κ3) is 4.99. The second kappa shape index (κ2) is 8.31. The molecule has 0 saturated heterocycles. The number of ether oxygens (including phenoxy) is 1. The SMILES string of the molecule is O=C(NC(c1ccc(OC(F)(F)F)c(F)c1)c1ncccc1F)c1ccc(O)cn1. The molecule has 0 aliphatic heterocycles. The van der Waals surface area contributed by atoms with Crippen molar-refractivity contribution in [3.63, 3.8) is 0 Å². The van der Waals surface area contributed by atoms with Gasteiger partial charge in [-0.15, -0.1) is 13.2 Å². The number of hydrogen-bond donors (Lipinski definition) is 2. The van der Waals surface area contributed by atoms with Gasteiger partial charge in [0.2, 0.25) is 0 Å². The zero-order valence-corrected chi connectivity index (χ0v) is 14.8. The lowest BCUT2D eigenvalue weighted by atomic mass is 10.0. The number of benzene rings is 1. The van der Waals surface area contributed by atoms with Crippen LogP contribution in [0.25, 0.3) is 0 Å². The van der Waals surface area contributed by atoms with Crippen molar-refractivity contribution in [2.45, 2.75) is 12.4 Å². The Labute approximate surface area is 166 Å². The van der Waals surface area contributed by atoms with E-state index in [4.69, 9.17) is 0 Å². The topological polar surface area (TPSA) is 84.3 Å².